The number of amides is 1. The predicted molar refractivity (Wildman–Crippen MR) is 112 cm³/mol. The number of nitrogens with one attached hydrogen (secondary N) is 2. The minimum Gasteiger partial charge on any atom is -0.457 e. The maximum atomic E-state index is 12.4. The van der Waals surface area contributed by atoms with Crippen LogP contribution in [0.25, 0.3) is 0 Å². The third-order valence-corrected chi connectivity index (χ3v) is 4.99. The summed E-state index contributed by atoms with van der Waals surface area (Å²) in [7, 11) is -3.76. The lowest BCUT2D eigenvalue weighted by Gasteiger charge is -2.16. The highest BCUT2D eigenvalue weighted by Crippen LogP contribution is 2.23. The van der Waals surface area contributed by atoms with Crippen LogP contribution in [0, 0.1) is 0 Å². The van der Waals surface area contributed by atoms with Gasteiger partial charge in [-0.3, -0.25) is 4.79 Å². The summed E-state index contributed by atoms with van der Waals surface area (Å²) in [5, 5.41) is 10.9. The molecule has 0 aliphatic heterocycles. The van der Waals surface area contributed by atoms with E-state index >= 15 is 0 Å². The van der Waals surface area contributed by atoms with Crippen LogP contribution in [0.4, 0.5) is 11.4 Å². The molecule has 0 saturated carbocycles. The Labute approximate surface area is 169 Å². The highest BCUT2D eigenvalue weighted by atomic mass is 32.2. The molecule has 0 aliphatic carbocycles. The van der Waals surface area contributed by atoms with Gasteiger partial charge in [-0.15, -0.1) is 0 Å². The average molecular weight is 411 g/mol. The Hall–Kier alpha value is -3.36. The Morgan fingerprint density at radius 2 is 1.41 bits per heavy atom. The molecule has 0 saturated heterocycles. The molecule has 0 unspecified atom stereocenters. The Morgan fingerprint density at radius 1 is 0.862 bits per heavy atom. The average Bonchev–Trinajstić information content (AvgIpc) is 2.70. The molecule has 29 heavy (non-hydrogen) atoms. The first kappa shape index (κ1) is 20.4. The van der Waals surface area contributed by atoms with Gasteiger partial charge in [0.05, 0.1) is 4.90 Å². The lowest BCUT2D eigenvalue weighted by molar-refractivity contribution is -0.116. The normalized spacial score (nSPS) is 12.1. The fourth-order valence-corrected chi connectivity index (χ4v) is 3.05. The van der Waals surface area contributed by atoms with E-state index in [0.29, 0.717) is 11.4 Å². The van der Waals surface area contributed by atoms with E-state index in [-0.39, 0.29) is 10.8 Å². The lowest BCUT2D eigenvalue weighted by atomic mass is 10.2. The molecular formula is C21H21N3O4S. The molecular weight excluding hydrogens is 390 g/mol. The van der Waals surface area contributed by atoms with Gasteiger partial charge in [-0.2, -0.15) is 0 Å². The van der Waals surface area contributed by atoms with Crippen LogP contribution in [-0.4, -0.2) is 20.4 Å². The minimum atomic E-state index is -3.76. The molecule has 0 spiro atoms. The molecule has 0 heterocycles. The monoisotopic (exact) mass is 411 g/mol. The molecule has 0 bridgehead atoms. The fourth-order valence-electron chi connectivity index (χ4n) is 2.54. The molecule has 4 N–H and O–H groups in total. The van der Waals surface area contributed by atoms with Crippen LogP contribution in [0.1, 0.15) is 6.92 Å². The van der Waals surface area contributed by atoms with E-state index in [4.69, 9.17) is 9.88 Å². The van der Waals surface area contributed by atoms with Crippen molar-refractivity contribution in [3.8, 4) is 11.5 Å². The number of rotatable bonds is 7. The van der Waals surface area contributed by atoms with E-state index in [1.165, 1.54) is 24.3 Å². The van der Waals surface area contributed by atoms with Gasteiger partial charge in [0.1, 0.15) is 17.5 Å². The van der Waals surface area contributed by atoms with Crippen molar-refractivity contribution in [1.82, 2.24) is 0 Å². The van der Waals surface area contributed by atoms with Crippen molar-refractivity contribution in [1.29, 1.82) is 0 Å². The fraction of sp³-hybridized carbons (Fsp3) is 0.0952. The number of hydrogen-bond acceptors (Lipinski definition) is 5. The van der Waals surface area contributed by atoms with Gasteiger partial charge in [0, 0.05) is 11.4 Å². The highest BCUT2D eigenvalue weighted by Gasteiger charge is 2.14. The topological polar surface area (TPSA) is 111 Å². The molecule has 1 amide bonds. The first-order valence-electron chi connectivity index (χ1n) is 8.84. The molecule has 0 aromatic heterocycles. The molecule has 0 aliphatic rings. The van der Waals surface area contributed by atoms with Gasteiger partial charge >= 0.3 is 0 Å². The number of nitrogens with two attached hydrogens (primary N) is 1. The van der Waals surface area contributed by atoms with Crippen molar-refractivity contribution in [3.05, 3.63) is 78.9 Å². The summed E-state index contributed by atoms with van der Waals surface area (Å²) >= 11 is 0. The summed E-state index contributed by atoms with van der Waals surface area (Å²) in [6, 6.07) is 21.9. The summed E-state index contributed by atoms with van der Waals surface area (Å²) in [4.78, 5) is 12.4. The highest BCUT2D eigenvalue weighted by molar-refractivity contribution is 7.89. The van der Waals surface area contributed by atoms with Gasteiger partial charge in [0.2, 0.25) is 15.9 Å². The second-order valence-corrected chi connectivity index (χ2v) is 7.93. The zero-order valence-electron chi connectivity index (χ0n) is 15.7. The van der Waals surface area contributed by atoms with Crippen LogP contribution in [0.3, 0.4) is 0 Å². The molecule has 150 valence electrons. The summed E-state index contributed by atoms with van der Waals surface area (Å²) in [6.45, 7) is 1.72. The van der Waals surface area contributed by atoms with E-state index in [1.807, 2.05) is 54.6 Å². The number of primary sulfonamides is 1. The van der Waals surface area contributed by atoms with Crippen molar-refractivity contribution in [2.24, 2.45) is 5.14 Å². The third kappa shape index (κ3) is 5.81. The van der Waals surface area contributed by atoms with E-state index in [1.54, 1.807) is 6.92 Å². The molecule has 7 nitrogen and oxygen atoms in total. The third-order valence-electron chi connectivity index (χ3n) is 4.06. The second-order valence-electron chi connectivity index (χ2n) is 6.36. The molecule has 0 radical (unpaired) electrons. The number of benzene rings is 3. The number of carbonyl (C=O) groups is 1. The zero-order valence-corrected chi connectivity index (χ0v) is 16.5. The largest absolute Gasteiger partial charge is 0.457 e. The Bertz CT molecular complexity index is 1070. The Morgan fingerprint density at radius 3 is 2.00 bits per heavy atom. The quantitative estimate of drug-likeness (QED) is 0.550. The molecule has 3 rings (SSSR count). The van der Waals surface area contributed by atoms with Gasteiger partial charge in [0.15, 0.2) is 0 Å². The molecule has 0 fully saturated rings. The van der Waals surface area contributed by atoms with E-state index in [0.717, 1.165) is 11.4 Å². The van der Waals surface area contributed by atoms with Crippen LogP contribution in [0.5, 0.6) is 11.5 Å². The van der Waals surface area contributed by atoms with Crippen molar-refractivity contribution in [2.75, 3.05) is 10.6 Å². The number of ether oxygens (including phenoxy) is 1. The first-order valence-corrected chi connectivity index (χ1v) is 10.4. The summed E-state index contributed by atoms with van der Waals surface area (Å²) < 4.78 is 28.3. The Balaban J connectivity index is 1.56. The predicted octanol–water partition coefficient (Wildman–Crippen LogP) is 3.57. The van der Waals surface area contributed by atoms with Crippen molar-refractivity contribution in [3.63, 3.8) is 0 Å². The smallest absolute Gasteiger partial charge is 0.246 e. The van der Waals surface area contributed by atoms with Crippen LogP contribution >= 0.6 is 0 Å². The molecule has 3 aromatic carbocycles. The number of para-hydroxylation sites is 1. The van der Waals surface area contributed by atoms with Gasteiger partial charge in [-0.25, -0.2) is 13.6 Å². The number of carbonyl (C=O) groups excluding carboxylic acids is 1. The van der Waals surface area contributed by atoms with Crippen LogP contribution in [0.15, 0.2) is 83.8 Å². The van der Waals surface area contributed by atoms with Gasteiger partial charge in [-0.1, -0.05) is 18.2 Å². The molecule has 3 aromatic rings. The molecule has 8 heteroatoms. The van der Waals surface area contributed by atoms with Crippen molar-refractivity contribution < 1.29 is 17.9 Å². The van der Waals surface area contributed by atoms with Crippen LogP contribution in [-0.2, 0) is 14.8 Å². The van der Waals surface area contributed by atoms with Gasteiger partial charge in [0.25, 0.3) is 0 Å². The first-order chi connectivity index (χ1) is 13.8. The number of sulfonamides is 1. The number of hydrogen-bond donors (Lipinski definition) is 3. The summed E-state index contributed by atoms with van der Waals surface area (Å²) in [6.07, 6.45) is 0. The molecule has 1 atom stereocenters. The summed E-state index contributed by atoms with van der Waals surface area (Å²) in [5.74, 6) is 1.17. The van der Waals surface area contributed by atoms with E-state index in [2.05, 4.69) is 10.6 Å². The second kappa shape index (κ2) is 8.76. The zero-order chi connectivity index (χ0) is 20.9. The van der Waals surface area contributed by atoms with E-state index in [9.17, 15) is 13.2 Å². The van der Waals surface area contributed by atoms with Gasteiger partial charge in [-0.05, 0) is 67.6 Å². The van der Waals surface area contributed by atoms with Crippen molar-refractivity contribution >= 4 is 27.3 Å². The number of anilines is 2. The van der Waals surface area contributed by atoms with Gasteiger partial charge < -0.3 is 15.4 Å². The maximum Gasteiger partial charge on any atom is 0.246 e. The SMILES string of the molecule is C[C@H](Nc1ccc(Oc2ccccc2)cc1)C(=O)Nc1ccc(S(N)(=O)=O)cc1. The standard InChI is InChI=1S/C21H21N3O4S/c1-15(21(25)24-17-9-13-20(14-10-17)29(22,26)27)23-16-7-11-19(12-8-16)28-18-5-3-2-4-6-18/h2-15,23H,1H3,(H,24,25)(H2,22,26,27)/t15-/m0/s1. The van der Waals surface area contributed by atoms with Crippen LogP contribution < -0.4 is 20.5 Å². The Kier molecular flexibility index (Phi) is 6.16. The van der Waals surface area contributed by atoms with Crippen LogP contribution in [0.2, 0.25) is 0 Å². The minimum absolute atomic E-state index is 0.0144. The lowest BCUT2D eigenvalue weighted by Crippen LogP contribution is -2.31. The summed E-state index contributed by atoms with van der Waals surface area (Å²) in [5.41, 5.74) is 1.24. The van der Waals surface area contributed by atoms with Crippen molar-refractivity contribution in [2.45, 2.75) is 17.9 Å². The maximum absolute atomic E-state index is 12.4. The van der Waals surface area contributed by atoms with E-state index < -0.39 is 16.1 Å².